The number of piperazine rings is 1. The maximum atomic E-state index is 13.6. The van der Waals surface area contributed by atoms with Gasteiger partial charge in [0.1, 0.15) is 0 Å². The molecule has 7 rings (SSSR count). The number of amides is 2. The number of benzene rings is 3. The van der Waals surface area contributed by atoms with Crippen molar-refractivity contribution in [2.45, 2.75) is 72.3 Å². The third-order valence-corrected chi connectivity index (χ3v) is 10.7. The number of carbonyl (C=O) groups is 2. The van der Waals surface area contributed by atoms with Crippen LogP contribution in [0.5, 0.6) is 0 Å². The Morgan fingerprint density at radius 3 is 2.35 bits per heavy atom. The fourth-order valence-electron chi connectivity index (χ4n) is 7.47. The monoisotopic (exact) mass is 728 g/mol. The van der Waals surface area contributed by atoms with E-state index in [0.29, 0.717) is 50.4 Å². The van der Waals surface area contributed by atoms with E-state index in [-0.39, 0.29) is 17.9 Å². The lowest BCUT2D eigenvalue weighted by molar-refractivity contribution is 0.0904. The smallest absolute Gasteiger partial charge is 0.251 e. The van der Waals surface area contributed by atoms with E-state index in [4.69, 9.17) is 9.72 Å². The number of aryl methyl sites for hydroxylation is 3. The van der Waals surface area contributed by atoms with Gasteiger partial charge in [0.2, 0.25) is 0 Å². The normalized spacial score (nSPS) is 15.3. The van der Waals surface area contributed by atoms with Gasteiger partial charge in [-0.25, -0.2) is 9.67 Å². The summed E-state index contributed by atoms with van der Waals surface area (Å²) >= 11 is 0. The average Bonchev–Trinajstić information content (AvgIpc) is 3.63. The highest BCUT2D eigenvalue weighted by atomic mass is 16.5. The Kier molecular flexibility index (Phi) is 12.0. The molecule has 5 aromatic rings. The molecule has 0 radical (unpaired) electrons. The fraction of sp³-hybridized carbons (Fsp3) is 0.395. The van der Waals surface area contributed by atoms with E-state index in [1.165, 1.54) is 11.1 Å². The van der Waals surface area contributed by atoms with E-state index < -0.39 is 0 Å². The van der Waals surface area contributed by atoms with Gasteiger partial charge >= 0.3 is 0 Å². The molecule has 282 valence electrons. The molecule has 0 aliphatic carbocycles. The van der Waals surface area contributed by atoms with Crippen LogP contribution in [0.1, 0.15) is 75.4 Å². The van der Waals surface area contributed by atoms with Crippen LogP contribution in [0.2, 0.25) is 0 Å². The summed E-state index contributed by atoms with van der Waals surface area (Å²) in [6.45, 7) is 14.1. The van der Waals surface area contributed by atoms with Crippen molar-refractivity contribution in [1.82, 2.24) is 35.6 Å². The topological polar surface area (TPSA) is 125 Å². The summed E-state index contributed by atoms with van der Waals surface area (Å²) in [7, 11) is 0. The van der Waals surface area contributed by atoms with Crippen molar-refractivity contribution in [3.63, 3.8) is 0 Å². The average molecular weight is 729 g/mol. The van der Waals surface area contributed by atoms with Gasteiger partial charge < -0.3 is 26.0 Å². The third-order valence-electron chi connectivity index (χ3n) is 10.7. The van der Waals surface area contributed by atoms with Crippen molar-refractivity contribution < 1.29 is 14.3 Å². The van der Waals surface area contributed by atoms with Crippen molar-refractivity contribution in [2.24, 2.45) is 0 Å². The van der Waals surface area contributed by atoms with Crippen LogP contribution < -0.4 is 21.3 Å². The van der Waals surface area contributed by atoms with Gasteiger partial charge in [-0.3, -0.25) is 14.5 Å². The Hall–Kier alpha value is -5.10. The van der Waals surface area contributed by atoms with Crippen LogP contribution in [0, 0.1) is 6.92 Å². The number of carbonyl (C=O) groups excluding carboxylic acids is 2. The summed E-state index contributed by atoms with van der Waals surface area (Å²) in [4.78, 5) is 34.5. The number of pyridine rings is 1. The zero-order valence-electron chi connectivity index (χ0n) is 31.7. The Morgan fingerprint density at radius 1 is 0.889 bits per heavy atom. The summed E-state index contributed by atoms with van der Waals surface area (Å²) in [5, 5.41) is 19.0. The first-order valence-electron chi connectivity index (χ1n) is 19.4. The number of ether oxygens (including phenoxy) is 1. The summed E-state index contributed by atoms with van der Waals surface area (Å²) in [6, 6.07) is 22.3. The van der Waals surface area contributed by atoms with E-state index >= 15 is 0 Å². The zero-order valence-corrected chi connectivity index (χ0v) is 31.7. The number of fused-ring (bicyclic) bond motifs is 1. The minimum Gasteiger partial charge on any atom is -0.381 e. The van der Waals surface area contributed by atoms with Gasteiger partial charge in [0.25, 0.3) is 11.8 Å². The molecule has 2 aliphatic rings. The van der Waals surface area contributed by atoms with Crippen LogP contribution in [0.25, 0.3) is 22.2 Å². The van der Waals surface area contributed by atoms with E-state index in [0.717, 1.165) is 90.2 Å². The molecule has 2 fully saturated rings. The second kappa shape index (κ2) is 17.4. The van der Waals surface area contributed by atoms with E-state index in [2.05, 4.69) is 94.5 Å². The molecule has 11 nitrogen and oxygen atoms in total. The maximum absolute atomic E-state index is 13.6. The number of rotatable bonds is 13. The van der Waals surface area contributed by atoms with Crippen LogP contribution in [0.3, 0.4) is 0 Å². The van der Waals surface area contributed by atoms with Crippen molar-refractivity contribution >= 4 is 28.5 Å². The number of nitrogens with zero attached hydrogens (tertiary/aromatic N) is 4. The number of nitrogens with one attached hydrogen (secondary N) is 4. The zero-order chi connectivity index (χ0) is 37.4. The molecule has 0 bridgehead atoms. The van der Waals surface area contributed by atoms with Crippen molar-refractivity contribution in [1.29, 1.82) is 0 Å². The molecular formula is C43H52N8O3. The molecule has 0 unspecified atom stereocenters. The lowest BCUT2D eigenvalue weighted by Gasteiger charge is -2.27. The fourth-order valence-corrected chi connectivity index (χ4v) is 7.47. The molecule has 4 N–H and O–H groups in total. The number of hydrogen-bond acceptors (Lipinski definition) is 8. The van der Waals surface area contributed by atoms with E-state index in [9.17, 15) is 9.59 Å². The Bertz CT molecular complexity index is 2100. The van der Waals surface area contributed by atoms with Crippen LogP contribution in [-0.4, -0.2) is 76.9 Å². The molecule has 11 heteroatoms. The van der Waals surface area contributed by atoms with Gasteiger partial charge in [0, 0.05) is 94.0 Å². The van der Waals surface area contributed by atoms with Gasteiger partial charge in [0.15, 0.2) is 5.65 Å². The lowest BCUT2D eigenvalue weighted by Crippen LogP contribution is -2.42. The van der Waals surface area contributed by atoms with Crippen molar-refractivity contribution in [3.8, 4) is 11.1 Å². The molecule has 0 spiro atoms. The molecule has 54 heavy (non-hydrogen) atoms. The minimum absolute atomic E-state index is 0.230. The van der Waals surface area contributed by atoms with Gasteiger partial charge in [-0.2, -0.15) is 5.10 Å². The van der Waals surface area contributed by atoms with Gasteiger partial charge in [-0.05, 0) is 91.3 Å². The Morgan fingerprint density at radius 2 is 1.61 bits per heavy atom. The molecule has 2 amide bonds. The standard InChI is InChI=1S/C43H52N8O3/c1-4-39-37(40(48-36-14-20-54-21-15-36)38-27-47-51(5-2)41(38)49-39)26-46-43(53)34-11-7-10-33(24-34)42(52)45-25-35-23-32(13-12-29(35)3)31-9-6-8-30(22-31)28-50-18-16-44-17-19-50/h6-13,22-24,27,36,44H,4-5,14-21,25-26,28H2,1-3H3,(H,45,52)(H,46,53)(H,48,49). The van der Waals surface area contributed by atoms with Gasteiger partial charge in [-0.1, -0.05) is 43.3 Å². The molecule has 2 aliphatic heterocycles. The second-order valence-corrected chi connectivity index (χ2v) is 14.3. The van der Waals surface area contributed by atoms with Gasteiger partial charge in [-0.15, -0.1) is 0 Å². The van der Waals surface area contributed by atoms with Crippen molar-refractivity contribution in [3.05, 3.63) is 112 Å². The first-order chi connectivity index (χ1) is 26.4. The molecule has 4 heterocycles. The SMILES string of the molecule is CCc1nc2c(cnn2CC)c(NC2CCOCC2)c1CNC(=O)c1cccc(C(=O)NCc2cc(-c3cccc(CN4CCNCC4)c3)ccc2C)c1. The lowest BCUT2D eigenvalue weighted by atomic mass is 9.98. The summed E-state index contributed by atoms with van der Waals surface area (Å²) in [6.07, 6.45) is 4.39. The highest BCUT2D eigenvalue weighted by Gasteiger charge is 2.22. The second-order valence-electron chi connectivity index (χ2n) is 14.3. The Labute approximate surface area is 317 Å². The molecule has 0 saturated carbocycles. The largest absolute Gasteiger partial charge is 0.381 e. The summed E-state index contributed by atoms with van der Waals surface area (Å²) in [5.74, 6) is -0.484. The number of aromatic nitrogens is 3. The maximum Gasteiger partial charge on any atom is 0.251 e. The van der Waals surface area contributed by atoms with E-state index in [1.54, 1.807) is 24.3 Å². The molecule has 2 aromatic heterocycles. The van der Waals surface area contributed by atoms with Gasteiger partial charge in [0.05, 0.1) is 17.3 Å². The highest BCUT2D eigenvalue weighted by molar-refractivity contribution is 6.00. The molecule has 2 saturated heterocycles. The number of hydrogen-bond donors (Lipinski definition) is 4. The van der Waals surface area contributed by atoms with Crippen LogP contribution >= 0.6 is 0 Å². The highest BCUT2D eigenvalue weighted by Crippen LogP contribution is 2.31. The Balaban J connectivity index is 1.02. The predicted molar refractivity (Wildman–Crippen MR) is 214 cm³/mol. The number of anilines is 1. The summed E-state index contributed by atoms with van der Waals surface area (Å²) in [5.41, 5.74) is 10.3. The molecule has 3 aromatic carbocycles. The quantitative estimate of drug-likeness (QED) is 0.119. The first kappa shape index (κ1) is 37.2. The van der Waals surface area contributed by atoms with E-state index in [1.807, 2.05) is 10.9 Å². The predicted octanol–water partition coefficient (Wildman–Crippen LogP) is 5.85. The molecule has 0 atom stereocenters. The van der Waals surface area contributed by atoms with Crippen LogP contribution in [0.15, 0.2) is 72.9 Å². The third kappa shape index (κ3) is 8.65. The molecular weight excluding hydrogens is 677 g/mol. The van der Waals surface area contributed by atoms with Crippen LogP contribution in [-0.2, 0) is 37.3 Å². The minimum atomic E-state index is -0.254. The van der Waals surface area contributed by atoms with Crippen LogP contribution in [0.4, 0.5) is 5.69 Å². The summed E-state index contributed by atoms with van der Waals surface area (Å²) < 4.78 is 7.52. The first-order valence-corrected chi connectivity index (χ1v) is 19.4. The van der Waals surface area contributed by atoms with Crippen molar-refractivity contribution in [2.75, 3.05) is 44.7 Å².